The van der Waals surface area contributed by atoms with Crippen molar-refractivity contribution >= 4 is 10.1 Å². The third-order valence-corrected chi connectivity index (χ3v) is 14.2. The molecular formula is C32H48F3IO4S+. The molecule has 0 unspecified atom stereocenters. The Balaban J connectivity index is 1.62. The van der Waals surface area contributed by atoms with E-state index in [9.17, 15) is 21.6 Å². The molecule has 0 atom stereocenters. The summed E-state index contributed by atoms with van der Waals surface area (Å²) in [5.74, 6) is 0.615. The van der Waals surface area contributed by atoms with Gasteiger partial charge in [-0.1, -0.05) is 134 Å². The Morgan fingerprint density at radius 2 is 1.12 bits per heavy atom. The van der Waals surface area contributed by atoms with Gasteiger partial charge < -0.3 is 4.74 Å². The number of ether oxygens (including phenoxy) is 1. The van der Waals surface area contributed by atoms with E-state index < -0.39 is 35.9 Å². The normalized spacial score (nSPS) is 12.2. The molecule has 0 N–H and O–H groups in total. The van der Waals surface area contributed by atoms with E-state index in [2.05, 4.69) is 6.92 Å². The van der Waals surface area contributed by atoms with Crippen molar-refractivity contribution in [3.8, 4) is 5.75 Å². The lowest BCUT2D eigenvalue weighted by Gasteiger charge is -2.10. The van der Waals surface area contributed by atoms with Gasteiger partial charge in [0.2, 0.25) is 0 Å². The number of rotatable bonds is 23. The average molecular weight is 713 g/mol. The Morgan fingerprint density at radius 3 is 1.59 bits per heavy atom. The molecule has 0 aliphatic heterocycles. The molecule has 0 saturated carbocycles. The predicted molar refractivity (Wildman–Crippen MR) is 156 cm³/mol. The highest BCUT2D eigenvalue weighted by Gasteiger charge is 2.53. The van der Waals surface area contributed by atoms with Crippen molar-refractivity contribution in [3.63, 3.8) is 0 Å². The number of benzene rings is 2. The van der Waals surface area contributed by atoms with Crippen LogP contribution in [0.5, 0.6) is 5.75 Å². The van der Waals surface area contributed by atoms with Crippen LogP contribution in [0.4, 0.5) is 13.2 Å². The topological polar surface area (TPSA) is 52.6 Å². The standard InChI is InChI=1S/C32H48F3IO4S/c1-2-3-4-5-6-7-8-9-10-11-12-13-14-15-16-20-27-39-31-25-23-30(24-26-31)36(28-29-21-18-17-19-22-29)40-41(37,38)32(33,34)35/h17-19,21-26H,2-16,20,27-28H2,1H3/q+1. The zero-order valence-corrected chi connectivity index (χ0v) is 27.5. The summed E-state index contributed by atoms with van der Waals surface area (Å²) in [5.41, 5.74) is -4.71. The van der Waals surface area contributed by atoms with Gasteiger partial charge in [-0.15, -0.1) is 0 Å². The Hall–Kier alpha value is -1.33. The van der Waals surface area contributed by atoms with Crippen LogP contribution in [0.2, 0.25) is 0 Å². The van der Waals surface area contributed by atoms with Gasteiger partial charge in [0.15, 0.2) is 8.00 Å². The molecule has 0 aromatic heterocycles. The molecule has 0 aliphatic carbocycles. The summed E-state index contributed by atoms with van der Waals surface area (Å²) in [4.78, 5) is 0. The highest BCUT2D eigenvalue weighted by atomic mass is 127. The maximum absolute atomic E-state index is 13.0. The number of alkyl halides is 4. The first-order valence-electron chi connectivity index (χ1n) is 15.2. The van der Waals surface area contributed by atoms with Crippen molar-refractivity contribution in [2.75, 3.05) is 6.61 Å². The molecule has 9 heteroatoms. The first-order valence-corrected chi connectivity index (χ1v) is 20.1. The van der Waals surface area contributed by atoms with Crippen LogP contribution in [0.1, 0.15) is 115 Å². The van der Waals surface area contributed by atoms with E-state index in [0.29, 0.717) is 15.9 Å². The van der Waals surface area contributed by atoms with Crippen LogP contribution in [0.15, 0.2) is 54.6 Å². The second-order valence-corrected chi connectivity index (χ2v) is 16.9. The Bertz CT molecular complexity index is 1030. The molecule has 41 heavy (non-hydrogen) atoms. The van der Waals surface area contributed by atoms with Gasteiger partial charge in [0.05, 0.1) is 6.61 Å². The lowest BCUT2D eigenvalue weighted by molar-refractivity contribution is -1.06. The minimum Gasteiger partial charge on any atom is -0.494 e. The van der Waals surface area contributed by atoms with Crippen molar-refractivity contribution in [2.45, 2.75) is 120 Å². The molecule has 0 bridgehead atoms. The van der Waals surface area contributed by atoms with E-state index in [-0.39, 0.29) is 4.43 Å². The summed E-state index contributed by atoms with van der Waals surface area (Å²) in [6.07, 6.45) is 20.9. The Morgan fingerprint density at radius 1 is 0.659 bits per heavy atom. The van der Waals surface area contributed by atoms with Crippen LogP contribution in [0.3, 0.4) is 0 Å². The van der Waals surface area contributed by atoms with Gasteiger partial charge in [0.25, 0.3) is 20.2 Å². The van der Waals surface area contributed by atoms with E-state index in [0.717, 1.165) is 18.4 Å². The molecule has 0 heterocycles. The molecule has 0 saturated heterocycles. The van der Waals surface area contributed by atoms with Crippen molar-refractivity contribution in [2.24, 2.45) is 0 Å². The zero-order chi connectivity index (χ0) is 29.8. The van der Waals surface area contributed by atoms with Gasteiger partial charge in [-0.25, -0.2) is 0 Å². The monoisotopic (exact) mass is 712 g/mol. The molecule has 4 nitrogen and oxygen atoms in total. The smallest absolute Gasteiger partial charge is 0.494 e. The predicted octanol–water partition coefficient (Wildman–Crippen LogP) is 7.10. The quantitative estimate of drug-likeness (QED) is 0.0534. The second-order valence-electron chi connectivity index (χ2n) is 10.5. The lowest BCUT2D eigenvalue weighted by atomic mass is 10.0. The third kappa shape index (κ3) is 15.6. The molecule has 2 aromatic carbocycles. The fraction of sp³-hybridized carbons (Fsp3) is 0.625. The fourth-order valence-electron chi connectivity index (χ4n) is 4.49. The molecule has 0 aliphatic rings. The highest BCUT2D eigenvalue weighted by Crippen LogP contribution is 2.22. The summed E-state index contributed by atoms with van der Waals surface area (Å²) in [6, 6.07) is 15.4. The Labute approximate surface area is 253 Å². The molecule has 0 spiro atoms. The van der Waals surface area contributed by atoms with Crippen LogP contribution >= 0.6 is 0 Å². The molecule has 233 valence electrons. The van der Waals surface area contributed by atoms with Gasteiger partial charge in [0.1, 0.15) is 5.75 Å². The average Bonchev–Trinajstić information content (AvgIpc) is 2.94. The van der Waals surface area contributed by atoms with Gasteiger partial charge >= 0.3 is 15.6 Å². The lowest BCUT2D eigenvalue weighted by Crippen LogP contribution is -3.85. The van der Waals surface area contributed by atoms with Gasteiger partial charge in [-0.3, -0.25) is 0 Å². The van der Waals surface area contributed by atoms with E-state index in [1.54, 1.807) is 54.6 Å². The molecule has 2 aromatic rings. The van der Waals surface area contributed by atoms with Crippen LogP contribution < -0.4 is 25.0 Å². The Kier molecular flexibility index (Phi) is 18.0. The van der Waals surface area contributed by atoms with Gasteiger partial charge in [0, 0.05) is 0 Å². The summed E-state index contributed by atoms with van der Waals surface area (Å²) in [6.45, 7) is 2.83. The first-order chi connectivity index (χ1) is 19.7. The summed E-state index contributed by atoms with van der Waals surface area (Å²) >= 11 is -3.21. The highest BCUT2D eigenvalue weighted by molar-refractivity contribution is 7.87. The van der Waals surface area contributed by atoms with Crippen molar-refractivity contribution in [3.05, 3.63) is 63.7 Å². The fourth-order valence-corrected chi connectivity index (χ4v) is 11.1. The van der Waals surface area contributed by atoms with Crippen LogP contribution in [-0.4, -0.2) is 20.5 Å². The molecule has 0 amide bonds. The van der Waals surface area contributed by atoms with Crippen LogP contribution in [0.25, 0.3) is 0 Å². The minimum atomic E-state index is -5.68. The van der Waals surface area contributed by atoms with E-state index in [1.807, 2.05) is 0 Å². The SMILES string of the molecule is CCCCCCCCCCCCCCCCCCOc1ccc([I+](Cc2ccccc2)OS(=O)(=O)C(F)(F)F)cc1. The van der Waals surface area contributed by atoms with E-state index in [4.69, 9.17) is 7.25 Å². The summed E-state index contributed by atoms with van der Waals surface area (Å²) < 4.78 is 73.7. The minimum absolute atomic E-state index is 0.138. The van der Waals surface area contributed by atoms with Gasteiger partial charge in [-0.2, -0.15) is 21.6 Å². The summed E-state index contributed by atoms with van der Waals surface area (Å²) in [7, 11) is -5.68. The molecule has 0 fully saturated rings. The first kappa shape index (κ1) is 35.9. The third-order valence-electron chi connectivity index (χ3n) is 6.88. The van der Waals surface area contributed by atoms with Crippen molar-refractivity contribution < 1.29 is 49.1 Å². The number of unbranched alkanes of at least 4 members (excludes halogenated alkanes) is 15. The molecular weight excluding hydrogens is 664 g/mol. The van der Waals surface area contributed by atoms with E-state index in [1.165, 1.54) is 89.9 Å². The van der Waals surface area contributed by atoms with Crippen molar-refractivity contribution in [1.82, 2.24) is 0 Å². The van der Waals surface area contributed by atoms with Crippen LogP contribution in [-0.2, 0) is 17.1 Å². The summed E-state index contributed by atoms with van der Waals surface area (Å²) in [5, 5.41) is 0. The second kappa shape index (κ2) is 20.6. The maximum Gasteiger partial charge on any atom is 0.526 e. The largest absolute Gasteiger partial charge is 0.526 e. The number of halogens is 4. The number of hydrogen-bond donors (Lipinski definition) is 0. The molecule has 2 rings (SSSR count). The zero-order valence-electron chi connectivity index (χ0n) is 24.5. The molecule has 1 radical (unpaired) electrons. The van der Waals surface area contributed by atoms with Gasteiger partial charge in [-0.05, 0) is 38.8 Å². The van der Waals surface area contributed by atoms with Crippen molar-refractivity contribution in [1.29, 1.82) is 0 Å². The number of hydrogen-bond acceptors (Lipinski definition) is 4. The van der Waals surface area contributed by atoms with Crippen LogP contribution in [0, 0.1) is 3.57 Å². The maximum atomic E-state index is 13.0. The van der Waals surface area contributed by atoms with E-state index >= 15 is 0 Å².